The highest BCUT2D eigenvalue weighted by Crippen LogP contribution is 2.25. The average molecular weight is 394 g/mol. The topological polar surface area (TPSA) is 55.8 Å². The van der Waals surface area contributed by atoms with Gasteiger partial charge in [-0.3, -0.25) is 10.1 Å². The van der Waals surface area contributed by atoms with Gasteiger partial charge in [-0.1, -0.05) is 36.4 Å². The molecule has 2 saturated heterocycles. The molecule has 2 aliphatic heterocycles. The molecule has 4 rings (SSSR count). The van der Waals surface area contributed by atoms with Crippen molar-refractivity contribution < 1.29 is 9.90 Å². The molecule has 5 heteroatoms. The maximum Gasteiger partial charge on any atom is 0.254 e. The fourth-order valence-corrected chi connectivity index (χ4v) is 4.55. The number of aliphatic hydroxyl groups is 1. The van der Waals surface area contributed by atoms with Crippen LogP contribution in [-0.2, 0) is 0 Å². The summed E-state index contributed by atoms with van der Waals surface area (Å²) in [6, 6.07) is 16.1. The van der Waals surface area contributed by atoms with Crippen LogP contribution in [0.1, 0.15) is 47.8 Å². The second-order valence-electron chi connectivity index (χ2n) is 8.19. The van der Waals surface area contributed by atoms with Crippen LogP contribution in [0.4, 0.5) is 0 Å². The molecule has 0 radical (unpaired) electrons. The largest absolute Gasteiger partial charge is 0.374 e. The van der Waals surface area contributed by atoms with Crippen molar-refractivity contribution in [3.63, 3.8) is 0 Å². The van der Waals surface area contributed by atoms with Crippen molar-refractivity contribution in [3.05, 3.63) is 59.7 Å². The van der Waals surface area contributed by atoms with E-state index in [1.807, 2.05) is 48.5 Å². The van der Waals surface area contributed by atoms with Gasteiger partial charge in [0, 0.05) is 24.7 Å². The van der Waals surface area contributed by atoms with Gasteiger partial charge in [0.1, 0.15) is 6.23 Å². The van der Waals surface area contributed by atoms with Crippen molar-refractivity contribution in [1.82, 2.24) is 15.1 Å². The summed E-state index contributed by atoms with van der Waals surface area (Å²) >= 11 is 0. The lowest BCUT2D eigenvalue weighted by Gasteiger charge is -2.28. The summed E-state index contributed by atoms with van der Waals surface area (Å²) in [4.78, 5) is 17.7. The number of rotatable bonds is 6. The molecule has 0 aliphatic carbocycles. The van der Waals surface area contributed by atoms with E-state index < -0.39 is 6.23 Å². The first-order valence-electron chi connectivity index (χ1n) is 10.7. The minimum Gasteiger partial charge on any atom is -0.374 e. The molecule has 154 valence electrons. The smallest absolute Gasteiger partial charge is 0.254 e. The lowest BCUT2D eigenvalue weighted by molar-refractivity contribution is 0.0709. The summed E-state index contributed by atoms with van der Waals surface area (Å²) in [5.41, 5.74) is 3.75. The highest BCUT2D eigenvalue weighted by atomic mass is 16.3. The van der Waals surface area contributed by atoms with Crippen LogP contribution >= 0.6 is 0 Å². The molecule has 2 N–H and O–H groups in total. The van der Waals surface area contributed by atoms with Crippen LogP contribution in [0.25, 0.3) is 11.1 Å². The van der Waals surface area contributed by atoms with Gasteiger partial charge < -0.3 is 14.9 Å². The number of nitrogens with zero attached hydrogens (tertiary/aromatic N) is 2. The van der Waals surface area contributed by atoms with Crippen molar-refractivity contribution in [2.24, 2.45) is 0 Å². The van der Waals surface area contributed by atoms with E-state index in [1.165, 1.54) is 25.9 Å². The minimum absolute atomic E-state index is 0.158. The van der Waals surface area contributed by atoms with E-state index in [0.29, 0.717) is 6.04 Å². The van der Waals surface area contributed by atoms with E-state index >= 15 is 0 Å². The maximum atomic E-state index is 13.1. The Morgan fingerprint density at radius 1 is 1.00 bits per heavy atom. The number of hydrogen-bond donors (Lipinski definition) is 2. The average Bonchev–Trinajstić information content (AvgIpc) is 3.45. The Bertz CT molecular complexity index is 813. The molecular weight excluding hydrogens is 362 g/mol. The Hall–Kier alpha value is -2.21. The Morgan fingerprint density at radius 3 is 2.24 bits per heavy atom. The maximum absolute atomic E-state index is 13.1. The Labute approximate surface area is 173 Å². The second kappa shape index (κ2) is 9.08. The SMILES string of the molecule is CNC(O)c1ccc(-c2ccc(C(=O)N3CCC[C@H]3CN3CCCC3)cc2)cc1. The van der Waals surface area contributed by atoms with Crippen molar-refractivity contribution in [3.8, 4) is 11.1 Å². The highest BCUT2D eigenvalue weighted by molar-refractivity contribution is 5.95. The van der Waals surface area contributed by atoms with Crippen LogP contribution in [0.15, 0.2) is 48.5 Å². The number of carbonyl (C=O) groups is 1. The van der Waals surface area contributed by atoms with Crippen molar-refractivity contribution >= 4 is 5.91 Å². The number of amides is 1. The molecule has 2 atom stereocenters. The van der Waals surface area contributed by atoms with Crippen molar-refractivity contribution in [2.75, 3.05) is 33.2 Å². The van der Waals surface area contributed by atoms with Gasteiger partial charge in [-0.05, 0) is 74.6 Å². The molecular formula is C24H31N3O2. The summed E-state index contributed by atoms with van der Waals surface area (Å²) < 4.78 is 0. The van der Waals surface area contributed by atoms with E-state index in [9.17, 15) is 9.90 Å². The highest BCUT2D eigenvalue weighted by Gasteiger charge is 2.31. The number of benzene rings is 2. The number of likely N-dealkylation sites (tertiary alicyclic amines) is 2. The monoisotopic (exact) mass is 393 g/mol. The van der Waals surface area contributed by atoms with Crippen molar-refractivity contribution in [2.45, 2.75) is 38.0 Å². The first-order valence-corrected chi connectivity index (χ1v) is 10.7. The molecule has 0 aromatic heterocycles. The van der Waals surface area contributed by atoms with E-state index in [4.69, 9.17) is 0 Å². The quantitative estimate of drug-likeness (QED) is 0.740. The number of nitrogens with one attached hydrogen (secondary N) is 1. The van der Waals surface area contributed by atoms with Gasteiger partial charge in [0.15, 0.2) is 0 Å². The van der Waals surface area contributed by atoms with Gasteiger partial charge >= 0.3 is 0 Å². The molecule has 2 fully saturated rings. The predicted octanol–water partition coefficient (Wildman–Crippen LogP) is 3.26. The molecule has 1 amide bonds. The summed E-state index contributed by atoms with van der Waals surface area (Å²) in [5, 5.41) is 12.7. The molecule has 1 unspecified atom stereocenters. The fourth-order valence-electron chi connectivity index (χ4n) is 4.55. The van der Waals surface area contributed by atoms with Crippen LogP contribution in [0.3, 0.4) is 0 Å². The Kier molecular flexibility index (Phi) is 6.28. The second-order valence-corrected chi connectivity index (χ2v) is 8.19. The summed E-state index contributed by atoms with van der Waals surface area (Å²) in [7, 11) is 1.73. The fraction of sp³-hybridized carbons (Fsp3) is 0.458. The van der Waals surface area contributed by atoms with E-state index in [0.717, 1.165) is 48.2 Å². The normalized spacial score (nSPS) is 20.9. The zero-order valence-corrected chi connectivity index (χ0v) is 17.2. The summed E-state index contributed by atoms with van der Waals surface area (Å²) in [6.45, 7) is 4.25. The van der Waals surface area contributed by atoms with Crippen molar-refractivity contribution in [1.29, 1.82) is 0 Å². The van der Waals surface area contributed by atoms with Crippen LogP contribution < -0.4 is 5.32 Å². The first-order chi connectivity index (χ1) is 14.2. The Balaban J connectivity index is 1.43. The number of carbonyl (C=O) groups excluding carboxylic acids is 1. The molecule has 0 bridgehead atoms. The third-order valence-electron chi connectivity index (χ3n) is 6.27. The van der Waals surface area contributed by atoms with Gasteiger partial charge in [0.2, 0.25) is 0 Å². The molecule has 2 aromatic carbocycles. The van der Waals surface area contributed by atoms with E-state index in [-0.39, 0.29) is 5.91 Å². The number of hydrogen-bond acceptors (Lipinski definition) is 4. The third-order valence-corrected chi connectivity index (χ3v) is 6.27. The molecule has 0 saturated carbocycles. The first kappa shape index (κ1) is 20.1. The lowest BCUT2D eigenvalue weighted by atomic mass is 10.0. The summed E-state index contributed by atoms with van der Waals surface area (Å²) in [5.74, 6) is 0.158. The van der Waals surface area contributed by atoms with Gasteiger partial charge in [0.05, 0.1) is 0 Å². The lowest BCUT2D eigenvalue weighted by Crippen LogP contribution is -2.42. The van der Waals surface area contributed by atoms with Crippen LogP contribution in [0.5, 0.6) is 0 Å². The van der Waals surface area contributed by atoms with Crippen LogP contribution in [-0.4, -0.2) is 60.1 Å². The summed E-state index contributed by atoms with van der Waals surface area (Å²) in [6.07, 6.45) is 4.14. The van der Waals surface area contributed by atoms with Gasteiger partial charge in [0.25, 0.3) is 5.91 Å². The molecule has 2 aliphatic rings. The third kappa shape index (κ3) is 4.53. The molecule has 0 spiro atoms. The number of aliphatic hydroxyl groups excluding tert-OH is 1. The van der Waals surface area contributed by atoms with Gasteiger partial charge in [-0.2, -0.15) is 0 Å². The van der Waals surface area contributed by atoms with E-state index in [2.05, 4.69) is 15.1 Å². The molecule has 5 nitrogen and oxygen atoms in total. The molecule has 2 heterocycles. The van der Waals surface area contributed by atoms with Crippen LogP contribution in [0, 0.1) is 0 Å². The molecule has 29 heavy (non-hydrogen) atoms. The zero-order valence-electron chi connectivity index (χ0n) is 17.2. The Morgan fingerprint density at radius 2 is 1.62 bits per heavy atom. The van der Waals surface area contributed by atoms with E-state index in [1.54, 1.807) is 7.05 Å². The standard InChI is InChI=1S/C24H31N3O2/c1-25-23(28)20-10-6-18(7-11-20)19-8-12-21(13-9-19)24(29)27-16-4-5-22(27)17-26-14-2-3-15-26/h6-13,22-23,25,28H,2-5,14-17H2,1H3/t22-,23?/m0/s1. The minimum atomic E-state index is -0.655. The molecule has 2 aromatic rings. The van der Waals surface area contributed by atoms with Gasteiger partial charge in [-0.15, -0.1) is 0 Å². The zero-order chi connectivity index (χ0) is 20.2. The predicted molar refractivity (Wildman–Crippen MR) is 116 cm³/mol. The van der Waals surface area contributed by atoms with Crippen LogP contribution in [0.2, 0.25) is 0 Å². The van der Waals surface area contributed by atoms with Gasteiger partial charge in [-0.25, -0.2) is 0 Å².